The van der Waals surface area contributed by atoms with Crippen molar-refractivity contribution in [3.8, 4) is 11.5 Å². The Labute approximate surface area is 241 Å². The van der Waals surface area contributed by atoms with E-state index in [4.69, 9.17) is 8.37 Å². The quantitative estimate of drug-likeness (QED) is 0.118. The zero-order chi connectivity index (χ0) is 30.5. The summed E-state index contributed by atoms with van der Waals surface area (Å²) in [6, 6.07) is 20.2. The molecule has 0 aliphatic carbocycles. The van der Waals surface area contributed by atoms with Gasteiger partial charge in [-0.15, -0.1) is 0 Å². The molecule has 0 atom stereocenters. The van der Waals surface area contributed by atoms with E-state index in [9.17, 15) is 31.7 Å². The van der Waals surface area contributed by atoms with E-state index in [1.807, 2.05) is 0 Å². The number of nitrogens with zero attached hydrogens (tertiary/aromatic N) is 2. The molecule has 1 N–H and O–H groups in total. The zero-order valence-electron chi connectivity index (χ0n) is 22.1. The predicted molar refractivity (Wildman–Crippen MR) is 153 cm³/mol. The van der Waals surface area contributed by atoms with Crippen molar-refractivity contribution in [2.45, 2.75) is 23.6 Å². The van der Waals surface area contributed by atoms with Crippen molar-refractivity contribution in [1.29, 1.82) is 0 Å². The van der Waals surface area contributed by atoms with E-state index in [0.717, 1.165) is 35.5 Å². The fourth-order valence-corrected chi connectivity index (χ4v) is 5.32. The van der Waals surface area contributed by atoms with Crippen LogP contribution in [0, 0.1) is 24.0 Å². The van der Waals surface area contributed by atoms with Gasteiger partial charge in [0, 0.05) is 29.3 Å². The molecule has 0 bridgehead atoms. The molecule has 1 amide bonds. The Morgan fingerprint density at radius 2 is 1.31 bits per heavy atom. The molecule has 14 heteroatoms. The third-order valence-corrected chi connectivity index (χ3v) is 8.23. The number of carbonyl (C=O) groups excluding carboxylic acids is 1. The lowest BCUT2D eigenvalue weighted by molar-refractivity contribution is -0.384. The summed E-state index contributed by atoms with van der Waals surface area (Å²) in [6.45, 7) is 3.58. The average molecular weight is 610 g/mol. The standard InChI is InChI=1S/C28H23N3O9S2/c1-19-3-13-25(14-4-19)41(35,36)39-24-12-9-22(18-29-30-28(32)21-7-10-23(11-8-21)31(33)34)27(17-24)40-42(37,38)26-15-5-20(2)6-16-26/h3-18H,1-2H3,(H,30,32)/b29-18-. The van der Waals surface area contributed by atoms with E-state index in [2.05, 4.69) is 10.5 Å². The SMILES string of the molecule is Cc1ccc(S(=O)(=O)Oc2ccc(/C=N\NC(=O)c3ccc([N+](=O)[O-])cc3)c(OS(=O)(=O)c3ccc(C)cc3)c2)cc1. The third-order valence-electron chi connectivity index (χ3n) is 5.72. The topological polar surface area (TPSA) is 171 Å². The van der Waals surface area contributed by atoms with Crippen LogP contribution in [0.1, 0.15) is 27.0 Å². The molecule has 0 spiro atoms. The van der Waals surface area contributed by atoms with Crippen molar-refractivity contribution in [3.05, 3.63) is 123 Å². The van der Waals surface area contributed by atoms with Crippen molar-refractivity contribution in [2.24, 2.45) is 5.10 Å². The maximum absolute atomic E-state index is 13.0. The Balaban J connectivity index is 1.63. The van der Waals surface area contributed by atoms with Gasteiger partial charge in [-0.25, -0.2) is 5.43 Å². The number of rotatable bonds is 10. The van der Waals surface area contributed by atoms with Gasteiger partial charge in [0.1, 0.15) is 15.5 Å². The smallest absolute Gasteiger partial charge is 0.339 e. The molecule has 0 saturated heterocycles. The summed E-state index contributed by atoms with van der Waals surface area (Å²) in [7, 11) is -8.64. The Kier molecular flexibility index (Phi) is 8.68. The number of hydrazone groups is 1. The molecule has 12 nitrogen and oxygen atoms in total. The first-order valence-corrected chi connectivity index (χ1v) is 14.9. The number of non-ortho nitro benzene ring substituents is 1. The molecule has 4 aromatic carbocycles. The Hall–Kier alpha value is -5.08. The van der Waals surface area contributed by atoms with Crippen LogP contribution < -0.4 is 13.8 Å². The molecule has 0 saturated carbocycles. The van der Waals surface area contributed by atoms with E-state index < -0.39 is 31.1 Å². The number of aryl methyl sites for hydroxylation is 2. The number of hydrogen-bond donors (Lipinski definition) is 1. The number of carbonyl (C=O) groups is 1. The average Bonchev–Trinajstić information content (AvgIpc) is 2.94. The number of benzene rings is 4. The highest BCUT2D eigenvalue weighted by Gasteiger charge is 2.21. The first-order valence-electron chi connectivity index (χ1n) is 12.1. The van der Waals surface area contributed by atoms with Crippen LogP contribution in [-0.4, -0.2) is 33.9 Å². The van der Waals surface area contributed by atoms with Crippen LogP contribution >= 0.6 is 0 Å². The molecular weight excluding hydrogens is 586 g/mol. The van der Waals surface area contributed by atoms with Gasteiger partial charge in [0.15, 0.2) is 5.75 Å². The summed E-state index contributed by atoms with van der Waals surface area (Å²) in [5, 5.41) is 14.6. The molecule has 0 unspecified atom stereocenters. The normalized spacial score (nSPS) is 11.7. The van der Waals surface area contributed by atoms with Crippen LogP contribution in [0.25, 0.3) is 0 Å². The fraction of sp³-hybridized carbons (Fsp3) is 0.0714. The fourth-order valence-electron chi connectivity index (χ4n) is 3.46. The lowest BCUT2D eigenvalue weighted by Gasteiger charge is -2.12. The van der Waals surface area contributed by atoms with Gasteiger partial charge in [0.2, 0.25) is 0 Å². The second-order valence-electron chi connectivity index (χ2n) is 8.90. The highest BCUT2D eigenvalue weighted by molar-refractivity contribution is 7.87. The van der Waals surface area contributed by atoms with Gasteiger partial charge in [0.05, 0.1) is 11.1 Å². The first-order chi connectivity index (χ1) is 19.8. The summed E-state index contributed by atoms with van der Waals surface area (Å²) >= 11 is 0. The molecule has 0 radical (unpaired) electrons. The van der Waals surface area contributed by atoms with Crippen molar-refractivity contribution >= 4 is 38.0 Å². The van der Waals surface area contributed by atoms with Crippen LogP contribution in [0.15, 0.2) is 106 Å². The van der Waals surface area contributed by atoms with Crippen molar-refractivity contribution in [2.75, 3.05) is 0 Å². The molecule has 0 aromatic heterocycles. The van der Waals surface area contributed by atoms with Gasteiger partial charge in [-0.1, -0.05) is 35.4 Å². The van der Waals surface area contributed by atoms with Gasteiger partial charge in [-0.3, -0.25) is 14.9 Å². The molecule has 4 rings (SSSR count). The van der Waals surface area contributed by atoms with Crippen LogP contribution in [0.3, 0.4) is 0 Å². The summed E-state index contributed by atoms with van der Waals surface area (Å²) in [5.74, 6) is -1.27. The second kappa shape index (κ2) is 12.2. The molecule has 42 heavy (non-hydrogen) atoms. The van der Waals surface area contributed by atoms with E-state index in [1.54, 1.807) is 38.1 Å². The van der Waals surface area contributed by atoms with Crippen molar-refractivity contribution in [1.82, 2.24) is 5.43 Å². The highest BCUT2D eigenvalue weighted by atomic mass is 32.2. The van der Waals surface area contributed by atoms with Gasteiger partial charge in [-0.2, -0.15) is 21.9 Å². The Bertz CT molecular complexity index is 1870. The molecule has 4 aromatic rings. The van der Waals surface area contributed by atoms with Crippen molar-refractivity contribution in [3.63, 3.8) is 0 Å². The summed E-state index contributed by atoms with van der Waals surface area (Å²) < 4.78 is 62.2. The minimum Gasteiger partial charge on any atom is -0.379 e. The number of amides is 1. The maximum atomic E-state index is 13.0. The van der Waals surface area contributed by atoms with Gasteiger partial charge in [0.25, 0.3) is 11.6 Å². The predicted octanol–water partition coefficient (Wildman–Crippen LogP) is 4.51. The van der Waals surface area contributed by atoms with E-state index in [-0.39, 0.29) is 38.1 Å². The van der Waals surface area contributed by atoms with Crippen LogP contribution in [0.5, 0.6) is 11.5 Å². The third kappa shape index (κ3) is 7.35. The molecule has 0 heterocycles. The molecule has 0 aliphatic heterocycles. The number of hydrogen-bond acceptors (Lipinski definition) is 10. The summed E-state index contributed by atoms with van der Waals surface area (Å²) in [5.41, 5.74) is 3.84. The molecular formula is C28H23N3O9S2. The van der Waals surface area contributed by atoms with Crippen LogP contribution in [0.2, 0.25) is 0 Å². The van der Waals surface area contributed by atoms with E-state index in [1.165, 1.54) is 48.5 Å². The monoisotopic (exact) mass is 609 g/mol. The van der Waals surface area contributed by atoms with Gasteiger partial charge >= 0.3 is 20.2 Å². The lowest BCUT2D eigenvalue weighted by atomic mass is 10.2. The highest BCUT2D eigenvalue weighted by Crippen LogP contribution is 2.29. The molecule has 0 aliphatic rings. The second-order valence-corrected chi connectivity index (χ2v) is 12.0. The summed E-state index contributed by atoms with van der Waals surface area (Å²) in [4.78, 5) is 22.4. The van der Waals surface area contributed by atoms with Crippen LogP contribution in [-0.2, 0) is 20.2 Å². The number of nitro benzene ring substituents is 1. The maximum Gasteiger partial charge on any atom is 0.339 e. The van der Waals surface area contributed by atoms with E-state index >= 15 is 0 Å². The largest absolute Gasteiger partial charge is 0.379 e. The first kappa shape index (κ1) is 29.9. The lowest BCUT2D eigenvalue weighted by Crippen LogP contribution is -2.17. The van der Waals surface area contributed by atoms with Crippen LogP contribution in [0.4, 0.5) is 5.69 Å². The molecule has 216 valence electrons. The number of nitro groups is 1. The zero-order valence-corrected chi connectivity index (χ0v) is 23.8. The van der Waals surface area contributed by atoms with Gasteiger partial charge < -0.3 is 8.37 Å². The van der Waals surface area contributed by atoms with Crippen molar-refractivity contribution < 1.29 is 34.9 Å². The Morgan fingerprint density at radius 1 is 0.786 bits per heavy atom. The minimum atomic E-state index is -4.37. The van der Waals surface area contributed by atoms with Gasteiger partial charge in [-0.05, 0) is 62.4 Å². The Morgan fingerprint density at radius 3 is 1.83 bits per heavy atom. The number of nitrogens with one attached hydrogen (secondary N) is 1. The molecule has 0 fully saturated rings. The van der Waals surface area contributed by atoms with E-state index in [0.29, 0.717) is 0 Å². The summed E-state index contributed by atoms with van der Waals surface area (Å²) in [6.07, 6.45) is 1.08. The minimum absolute atomic E-state index is 0.0507.